The molecule has 1 N–H and O–H groups in total. The molecule has 1 aliphatic carbocycles. The molecule has 3 aliphatic rings. The predicted molar refractivity (Wildman–Crippen MR) is 71.9 cm³/mol. The Morgan fingerprint density at radius 1 is 1.18 bits per heavy atom. The highest BCUT2D eigenvalue weighted by Crippen LogP contribution is 2.45. The Morgan fingerprint density at radius 3 is 2.36 bits per heavy atom. The first-order chi connectivity index (χ1) is 10.2. The third kappa shape index (κ3) is 2.68. The number of carbonyl (C=O) groups is 2. The molecule has 2 saturated heterocycles. The molecule has 22 heavy (non-hydrogen) atoms. The molecule has 5 nitrogen and oxygen atoms in total. The van der Waals surface area contributed by atoms with Gasteiger partial charge in [-0.1, -0.05) is 0 Å². The number of nitrogens with zero attached hydrogens (tertiary/aromatic N) is 2. The Bertz CT molecular complexity index is 490. The van der Waals surface area contributed by atoms with E-state index < -0.39 is 17.6 Å². The molecule has 1 spiro atoms. The van der Waals surface area contributed by atoms with Crippen molar-refractivity contribution < 1.29 is 22.8 Å². The van der Waals surface area contributed by atoms with Gasteiger partial charge in [0.05, 0.1) is 11.6 Å². The van der Waals surface area contributed by atoms with Crippen molar-refractivity contribution in [2.24, 2.45) is 0 Å². The van der Waals surface area contributed by atoms with Crippen LogP contribution in [0.15, 0.2) is 0 Å². The number of hydrogen-bond acceptors (Lipinski definition) is 3. The number of nitrogens with one attached hydrogen (secondary N) is 1. The number of halogens is 3. The van der Waals surface area contributed by atoms with Crippen molar-refractivity contribution in [1.82, 2.24) is 15.1 Å². The van der Waals surface area contributed by atoms with E-state index in [2.05, 4.69) is 5.32 Å². The summed E-state index contributed by atoms with van der Waals surface area (Å²) in [6, 6.07) is 0.0487. The third-order valence-electron chi connectivity index (χ3n) is 4.95. The molecule has 0 bridgehead atoms. The van der Waals surface area contributed by atoms with Crippen LogP contribution in [0, 0.1) is 0 Å². The molecular weight excluding hydrogens is 299 g/mol. The Kier molecular flexibility index (Phi) is 3.62. The first kappa shape index (κ1) is 15.6. The summed E-state index contributed by atoms with van der Waals surface area (Å²) in [6.45, 7) is 2.37. The number of rotatable bonds is 1. The van der Waals surface area contributed by atoms with Crippen molar-refractivity contribution in [3.8, 4) is 0 Å². The number of alkyl halides is 3. The fourth-order valence-electron chi connectivity index (χ4n) is 3.55. The van der Waals surface area contributed by atoms with Crippen molar-refractivity contribution in [1.29, 1.82) is 0 Å². The molecule has 124 valence electrons. The monoisotopic (exact) mass is 319 g/mol. The minimum Gasteiger partial charge on any atom is -0.337 e. The van der Waals surface area contributed by atoms with Crippen LogP contribution in [0.25, 0.3) is 0 Å². The van der Waals surface area contributed by atoms with Crippen LogP contribution in [-0.2, 0) is 9.59 Å². The smallest absolute Gasteiger partial charge is 0.337 e. The summed E-state index contributed by atoms with van der Waals surface area (Å²) in [4.78, 5) is 26.6. The van der Waals surface area contributed by atoms with Crippen LogP contribution in [-0.4, -0.2) is 65.0 Å². The van der Waals surface area contributed by atoms with Crippen molar-refractivity contribution in [3.63, 3.8) is 0 Å². The Balaban J connectivity index is 1.67. The largest absolute Gasteiger partial charge is 0.471 e. The lowest BCUT2D eigenvalue weighted by molar-refractivity contribution is -0.191. The topological polar surface area (TPSA) is 52.7 Å². The van der Waals surface area contributed by atoms with Gasteiger partial charge in [0.2, 0.25) is 5.91 Å². The quantitative estimate of drug-likeness (QED) is 0.781. The summed E-state index contributed by atoms with van der Waals surface area (Å²) in [5, 5.41) is 3.21. The van der Waals surface area contributed by atoms with E-state index >= 15 is 0 Å². The van der Waals surface area contributed by atoms with E-state index in [9.17, 15) is 22.8 Å². The lowest BCUT2D eigenvalue weighted by Gasteiger charge is -2.43. The fraction of sp³-hybridized carbons (Fsp3) is 0.857. The molecule has 2 heterocycles. The fourth-order valence-corrected chi connectivity index (χ4v) is 3.55. The van der Waals surface area contributed by atoms with Gasteiger partial charge in [0.1, 0.15) is 0 Å². The molecule has 3 fully saturated rings. The van der Waals surface area contributed by atoms with Crippen molar-refractivity contribution in [2.75, 3.05) is 19.6 Å². The van der Waals surface area contributed by atoms with Gasteiger partial charge in [-0.3, -0.25) is 9.59 Å². The lowest BCUT2D eigenvalue weighted by Crippen LogP contribution is -2.62. The molecule has 0 radical (unpaired) electrons. The molecule has 2 aliphatic heterocycles. The van der Waals surface area contributed by atoms with Crippen molar-refractivity contribution in [3.05, 3.63) is 0 Å². The summed E-state index contributed by atoms with van der Waals surface area (Å²) in [7, 11) is 0. The Labute approximate surface area is 126 Å². The SMILES string of the molecule is C[C@@H]1CC[C@@H](C(=O)N2CCN(C(=O)C(F)(F)F)C3(CC3)C2)N1. The molecule has 3 rings (SSSR count). The molecule has 2 atom stereocenters. The average Bonchev–Trinajstić information content (AvgIpc) is 3.06. The van der Waals surface area contributed by atoms with E-state index in [1.54, 1.807) is 4.90 Å². The van der Waals surface area contributed by atoms with Gasteiger partial charge in [0.25, 0.3) is 0 Å². The standard InChI is InChI=1S/C14H20F3N3O2/c1-9-2-3-10(18-9)11(21)19-6-7-20(12(22)14(15,16)17)13(8-19)4-5-13/h9-10,18H,2-8H2,1H3/t9-,10+/m1/s1. The van der Waals surface area contributed by atoms with Crippen molar-refractivity contribution >= 4 is 11.8 Å². The van der Waals surface area contributed by atoms with E-state index in [4.69, 9.17) is 0 Å². The van der Waals surface area contributed by atoms with Gasteiger partial charge in [0, 0.05) is 25.7 Å². The molecule has 0 aromatic rings. The minimum absolute atomic E-state index is 0.0354. The summed E-state index contributed by atoms with van der Waals surface area (Å²) < 4.78 is 38.0. The minimum atomic E-state index is -4.84. The van der Waals surface area contributed by atoms with Crippen molar-refractivity contribution in [2.45, 2.75) is 56.4 Å². The highest BCUT2D eigenvalue weighted by Gasteiger charge is 2.58. The summed E-state index contributed by atoms with van der Waals surface area (Å²) in [5.74, 6) is -1.82. The van der Waals surface area contributed by atoms with Gasteiger partial charge < -0.3 is 15.1 Å². The number of amides is 2. The highest BCUT2D eigenvalue weighted by molar-refractivity contribution is 5.85. The van der Waals surface area contributed by atoms with Crippen LogP contribution in [0.4, 0.5) is 13.2 Å². The maximum atomic E-state index is 12.7. The second kappa shape index (κ2) is 5.11. The van der Waals surface area contributed by atoms with Crippen LogP contribution < -0.4 is 5.32 Å². The zero-order valence-corrected chi connectivity index (χ0v) is 12.4. The zero-order chi connectivity index (χ0) is 16.1. The van der Waals surface area contributed by atoms with Gasteiger partial charge in [-0.05, 0) is 32.6 Å². The van der Waals surface area contributed by atoms with E-state index in [0.29, 0.717) is 12.8 Å². The first-order valence-corrected chi connectivity index (χ1v) is 7.67. The normalized spacial score (nSPS) is 30.7. The van der Waals surface area contributed by atoms with E-state index in [0.717, 1.165) is 17.7 Å². The second-order valence-corrected chi connectivity index (χ2v) is 6.64. The van der Waals surface area contributed by atoms with Crippen LogP contribution >= 0.6 is 0 Å². The van der Waals surface area contributed by atoms with Gasteiger partial charge in [-0.15, -0.1) is 0 Å². The van der Waals surface area contributed by atoms with Crippen LogP contribution in [0.1, 0.15) is 32.6 Å². The van der Waals surface area contributed by atoms with Gasteiger partial charge in [-0.25, -0.2) is 0 Å². The highest BCUT2D eigenvalue weighted by atomic mass is 19.4. The van der Waals surface area contributed by atoms with Gasteiger partial charge in [-0.2, -0.15) is 13.2 Å². The van der Waals surface area contributed by atoms with E-state index in [1.165, 1.54) is 0 Å². The van der Waals surface area contributed by atoms with Crippen LogP contribution in [0.5, 0.6) is 0 Å². The second-order valence-electron chi connectivity index (χ2n) is 6.64. The maximum Gasteiger partial charge on any atom is 0.471 e. The molecular formula is C14H20F3N3O2. The average molecular weight is 319 g/mol. The number of piperazine rings is 1. The maximum absolute atomic E-state index is 12.7. The zero-order valence-electron chi connectivity index (χ0n) is 12.4. The number of hydrogen-bond donors (Lipinski definition) is 1. The van der Waals surface area contributed by atoms with E-state index in [-0.39, 0.29) is 37.6 Å². The molecule has 0 aromatic carbocycles. The Morgan fingerprint density at radius 2 is 1.86 bits per heavy atom. The Hall–Kier alpha value is -1.31. The van der Waals surface area contributed by atoms with Gasteiger partial charge >= 0.3 is 12.1 Å². The summed E-state index contributed by atoms with van der Waals surface area (Å²) in [5.41, 5.74) is -0.787. The molecule has 2 amide bonds. The van der Waals surface area contributed by atoms with Crippen LogP contribution in [0.2, 0.25) is 0 Å². The van der Waals surface area contributed by atoms with Gasteiger partial charge in [0.15, 0.2) is 0 Å². The molecule has 1 saturated carbocycles. The predicted octanol–water partition coefficient (Wildman–Crippen LogP) is 0.893. The number of carbonyl (C=O) groups excluding carboxylic acids is 2. The van der Waals surface area contributed by atoms with E-state index in [1.807, 2.05) is 6.92 Å². The van der Waals surface area contributed by atoms with Crippen LogP contribution in [0.3, 0.4) is 0 Å². The first-order valence-electron chi connectivity index (χ1n) is 7.67. The molecule has 8 heteroatoms. The summed E-state index contributed by atoms with van der Waals surface area (Å²) >= 11 is 0. The molecule has 0 aromatic heterocycles. The molecule has 0 unspecified atom stereocenters. The summed E-state index contributed by atoms with van der Waals surface area (Å²) in [6.07, 6.45) is -2.09. The third-order valence-corrected chi connectivity index (χ3v) is 4.95. The lowest BCUT2D eigenvalue weighted by atomic mass is 10.1.